The topological polar surface area (TPSA) is 64.7 Å². The van der Waals surface area contributed by atoms with Crippen molar-refractivity contribution in [1.29, 1.82) is 0 Å². The maximum Gasteiger partial charge on any atom is 0.277 e. The minimum Gasteiger partial charge on any atom is -0.296 e. The standard InChI is InChI=1S/C20H42N4O2S/c1-17(2)11-15(12-18(3,4)23(17)9)21-27(25,26)22-16-13-19(5,6)24(10)20(7,8)14-16/h15-16,21-22H,11-14H2,1-10H3. The van der Waals surface area contributed by atoms with Crippen LogP contribution in [-0.4, -0.2) is 66.6 Å². The van der Waals surface area contributed by atoms with Crippen LogP contribution in [0.5, 0.6) is 0 Å². The molecule has 27 heavy (non-hydrogen) atoms. The number of nitrogens with one attached hydrogen (secondary N) is 2. The summed E-state index contributed by atoms with van der Waals surface area (Å²) < 4.78 is 31.8. The average Bonchev–Trinajstić information content (AvgIpc) is 2.39. The lowest BCUT2D eigenvalue weighted by molar-refractivity contribution is -0.0157. The van der Waals surface area contributed by atoms with Gasteiger partial charge in [-0.2, -0.15) is 17.9 Å². The minimum absolute atomic E-state index is 0.0491. The van der Waals surface area contributed by atoms with E-state index >= 15 is 0 Å². The minimum atomic E-state index is -3.55. The Morgan fingerprint density at radius 2 is 0.852 bits per heavy atom. The summed E-state index contributed by atoms with van der Waals surface area (Å²) in [5, 5.41) is 0. The largest absolute Gasteiger partial charge is 0.296 e. The Morgan fingerprint density at radius 3 is 1.07 bits per heavy atom. The summed E-state index contributed by atoms with van der Waals surface area (Å²) in [5.74, 6) is 0. The summed E-state index contributed by atoms with van der Waals surface area (Å²) in [6, 6.07) is -0.119. The lowest BCUT2D eigenvalue weighted by Gasteiger charge is -2.54. The van der Waals surface area contributed by atoms with Crippen LogP contribution in [-0.2, 0) is 10.2 Å². The summed E-state index contributed by atoms with van der Waals surface area (Å²) in [7, 11) is 0.708. The third-order valence-corrected chi connectivity index (χ3v) is 8.55. The van der Waals surface area contributed by atoms with Crippen molar-refractivity contribution in [3.63, 3.8) is 0 Å². The van der Waals surface area contributed by atoms with Crippen molar-refractivity contribution in [3.05, 3.63) is 0 Å². The fourth-order valence-electron chi connectivity index (χ4n) is 5.38. The van der Waals surface area contributed by atoms with Gasteiger partial charge in [-0.25, -0.2) is 0 Å². The third kappa shape index (κ3) is 5.04. The van der Waals surface area contributed by atoms with Crippen LogP contribution in [0.1, 0.15) is 81.1 Å². The second-order valence-electron chi connectivity index (χ2n) is 11.3. The SMILES string of the molecule is CN1C(C)(C)CC(NS(=O)(=O)NC2CC(C)(C)N(C)C(C)(C)C2)CC1(C)C. The van der Waals surface area contributed by atoms with E-state index in [1.165, 1.54) is 0 Å². The van der Waals surface area contributed by atoms with Gasteiger partial charge in [0, 0.05) is 34.2 Å². The molecule has 0 atom stereocenters. The van der Waals surface area contributed by atoms with Crippen molar-refractivity contribution < 1.29 is 8.42 Å². The molecule has 0 aromatic carbocycles. The summed E-state index contributed by atoms with van der Waals surface area (Å²) in [5.41, 5.74) is -0.197. The van der Waals surface area contributed by atoms with Crippen molar-refractivity contribution in [3.8, 4) is 0 Å². The smallest absolute Gasteiger partial charge is 0.277 e. The molecular formula is C20H42N4O2S. The predicted octanol–water partition coefficient (Wildman–Crippen LogP) is 2.71. The van der Waals surface area contributed by atoms with Gasteiger partial charge < -0.3 is 0 Å². The maximum atomic E-state index is 12.9. The fourth-order valence-corrected chi connectivity index (χ4v) is 6.66. The van der Waals surface area contributed by atoms with E-state index in [9.17, 15) is 8.42 Å². The second-order valence-corrected chi connectivity index (χ2v) is 12.8. The summed E-state index contributed by atoms with van der Waals surface area (Å²) in [6.45, 7) is 17.5. The lowest BCUT2D eigenvalue weighted by atomic mass is 9.78. The fraction of sp³-hybridized carbons (Fsp3) is 1.00. The molecule has 2 aliphatic rings. The molecule has 0 saturated carbocycles. The van der Waals surface area contributed by atoms with Gasteiger partial charge in [-0.1, -0.05) is 0 Å². The first-order valence-electron chi connectivity index (χ1n) is 10.2. The van der Waals surface area contributed by atoms with Crippen molar-refractivity contribution in [2.45, 2.75) is 115 Å². The molecule has 2 N–H and O–H groups in total. The third-order valence-electron chi connectivity index (χ3n) is 7.26. The zero-order valence-electron chi connectivity index (χ0n) is 19.1. The highest BCUT2D eigenvalue weighted by atomic mass is 32.2. The van der Waals surface area contributed by atoms with Crippen molar-refractivity contribution >= 4 is 10.2 Å². The Labute approximate surface area is 167 Å². The Kier molecular flexibility index (Phi) is 5.93. The van der Waals surface area contributed by atoms with Gasteiger partial charge >= 0.3 is 0 Å². The van der Waals surface area contributed by atoms with E-state index in [2.05, 4.69) is 88.7 Å². The van der Waals surface area contributed by atoms with Gasteiger partial charge in [-0.3, -0.25) is 9.80 Å². The molecule has 0 aromatic rings. The maximum absolute atomic E-state index is 12.9. The quantitative estimate of drug-likeness (QED) is 0.759. The van der Waals surface area contributed by atoms with Crippen molar-refractivity contribution in [2.75, 3.05) is 14.1 Å². The highest BCUT2D eigenvalue weighted by Gasteiger charge is 2.46. The normalized spacial score (nSPS) is 29.7. The second kappa shape index (κ2) is 6.94. The molecule has 0 aliphatic carbocycles. The molecule has 0 unspecified atom stereocenters. The molecule has 0 radical (unpaired) electrons. The first-order valence-corrected chi connectivity index (χ1v) is 11.6. The van der Waals surface area contributed by atoms with E-state index in [1.54, 1.807) is 0 Å². The van der Waals surface area contributed by atoms with E-state index in [0.29, 0.717) is 0 Å². The van der Waals surface area contributed by atoms with E-state index in [1.807, 2.05) is 0 Å². The Balaban J connectivity index is 2.09. The van der Waals surface area contributed by atoms with Gasteiger partial charge in [0.15, 0.2) is 0 Å². The molecule has 160 valence electrons. The summed E-state index contributed by atoms with van der Waals surface area (Å²) in [4.78, 5) is 4.72. The molecular weight excluding hydrogens is 360 g/mol. The van der Waals surface area contributed by atoms with Crippen LogP contribution in [0.15, 0.2) is 0 Å². The van der Waals surface area contributed by atoms with Crippen LogP contribution >= 0.6 is 0 Å². The van der Waals surface area contributed by atoms with Crippen molar-refractivity contribution in [1.82, 2.24) is 19.2 Å². The molecule has 0 bridgehead atoms. The van der Waals surface area contributed by atoms with Gasteiger partial charge in [0.25, 0.3) is 10.2 Å². The zero-order chi connectivity index (χ0) is 21.1. The molecule has 6 nitrogen and oxygen atoms in total. The monoisotopic (exact) mass is 402 g/mol. The van der Waals surface area contributed by atoms with E-state index in [4.69, 9.17) is 0 Å². The number of nitrogens with zero attached hydrogens (tertiary/aromatic N) is 2. The number of hydrogen-bond donors (Lipinski definition) is 2. The Bertz CT molecular complexity index is 569. The van der Waals surface area contributed by atoms with Crippen LogP contribution in [0.3, 0.4) is 0 Å². The number of piperidine rings is 2. The Hall–Kier alpha value is -0.210. The number of likely N-dealkylation sites (tertiary alicyclic amines) is 2. The molecule has 7 heteroatoms. The van der Waals surface area contributed by atoms with Crippen LogP contribution in [0.25, 0.3) is 0 Å². The first-order chi connectivity index (χ1) is 11.9. The van der Waals surface area contributed by atoms with Crippen molar-refractivity contribution in [2.24, 2.45) is 0 Å². The van der Waals surface area contributed by atoms with Crippen LogP contribution in [0.4, 0.5) is 0 Å². The highest BCUT2D eigenvalue weighted by Crippen LogP contribution is 2.38. The number of hydrogen-bond acceptors (Lipinski definition) is 4. The van der Waals surface area contributed by atoms with Gasteiger partial charge in [0.05, 0.1) is 0 Å². The van der Waals surface area contributed by atoms with Gasteiger partial charge in [-0.15, -0.1) is 0 Å². The number of rotatable bonds is 4. The van der Waals surface area contributed by atoms with E-state index in [0.717, 1.165) is 25.7 Å². The van der Waals surface area contributed by atoms with Crippen LogP contribution in [0, 0.1) is 0 Å². The van der Waals surface area contributed by atoms with Gasteiger partial charge in [0.1, 0.15) is 0 Å². The van der Waals surface area contributed by atoms with Crippen LogP contribution in [0.2, 0.25) is 0 Å². The Morgan fingerprint density at radius 1 is 0.630 bits per heavy atom. The van der Waals surface area contributed by atoms with Gasteiger partial charge in [-0.05, 0) is 95.2 Å². The lowest BCUT2D eigenvalue weighted by Crippen LogP contribution is -2.65. The summed E-state index contributed by atoms with van der Waals surface area (Å²) in [6.07, 6.45) is 3.22. The first kappa shape index (κ1) is 23.1. The molecule has 2 rings (SSSR count). The molecule has 2 heterocycles. The van der Waals surface area contributed by atoms with E-state index < -0.39 is 10.2 Å². The molecule has 2 aliphatic heterocycles. The van der Waals surface area contributed by atoms with Gasteiger partial charge in [0.2, 0.25) is 0 Å². The highest BCUT2D eigenvalue weighted by molar-refractivity contribution is 7.87. The molecule has 2 fully saturated rings. The molecule has 0 amide bonds. The zero-order valence-corrected chi connectivity index (χ0v) is 19.9. The molecule has 0 spiro atoms. The average molecular weight is 403 g/mol. The predicted molar refractivity (Wildman–Crippen MR) is 113 cm³/mol. The van der Waals surface area contributed by atoms with E-state index in [-0.39, 0.29) is 34.2 Å². The molecule has 0 aromatic heterocycles. The molecule has 2 saturated heterocycles. The summed E-state index contributed by atoms with van der Waals surface area (Å²) >= 11 is 0. The van der Waals surface area contributed by atoms with Crippen LogP contribution < -0.4 is 9.44 Å².